The van der Waals surface area contributed by atoms with Crippen molar-refractivity contribution in [1.29, 1.82) is 0 Å². The lowest BCUT2D eigenvalue weighted by Crippen LogP contribution is -2.43. The molecule has 1 N–H and O–H groups in total. The highest BCUT2D eigenvalue weighted by molar-refractivity contribution is 7.89. The van der Waals surface area contributed by atoms with Gasteiger partial charge in [0.2, 0.25) is 15.9 Å². The summed E-state index contributed by atoms with van der Waals surface area (Å²) in [5.41, 5.74) is 0.751. The Labute approximate surface area is 167 Å². The molecule has 0 radical (unpaired) electrons. The summed E-state index contributed by atoms with van der Waals surface area (Å²) < 4.78 is 33.2. The SMILES string of the molecule is COc1ccc2nc(NC(=O)[C@@H]3CCCN3S(=O)(=O)c3ccccc3)sc2c1. The van der Waals surface area contributed by atoms with E-state index in [-0.39, 0.29) is 10.8 Å². The van der Waals surface area contributed by atoms with Gasteiger partial charge in [-0.1, -0.05) is 29.5 Å². The van der Waals surface area contributed by atoms with Crippen LogP contribution in [0.3, 0.4) is 0 Å². The summed E-state index contributed by atoms with van der Waals surface area (Å²) in [5.74, 6) is 0.355. The number of amides is 1. The van der Waals surface area contributed by atoms with Crippen molar-refractivity contribution in [2.45, 2.75) is 23.8 Å². The fourth-order valence-electron chi connectivity index (χ4n) is 3.29. The second-order valence-electron chi connectivity index (χ2n) is 6.43. The molecule has 28 heavy (non-hydrogen) atoms. The van der Waals surface area contributed by atoms with Gasteiger partial charge in [-0.3, -0.25) is 4.79 Å². The lowest BCUT2D eigenvalue weighted by molar-refractivity contribution is -0.119. The van der Waals surface area contributed by atoms with Gasteiger partial charge >= 0.3 is 0 Å². The molecule has 1 atom stereocenters. The molecule has 1 amide bonds. The van der Waals surface area contributed by atoms with Crippen LogP contribution in [0.15, 0.2) is 53.4 Å². The van der Waals surface area contributed by atoms with Crippen LogP contribution < -0.4 is 10.1 Å². The topological polar surface area (TPSA) is 88.6 Å². The third-order valence-electron chi connectivity index (χ3n) is 4.68. The second kappa shape index (κ2) is 7.50. The number of aromatic nitrogens is 1. The summed E-state index contributed by atoms with van der Waals surface area (Å²) >= 11 is 1.33. The van der Waals surface area contributed by atoms with Gasteiger partial charge in [0.15, 0.2) is 5.13 Å². The molecule has 1 saturated heterocycles. The summed E-state index contributed by atoms with van der Waals surface area (Å²) in [6.07, 6.45) is 1.12. The number of fused-ring (bicyclic) bond motifs is 1. The first-order chi connectivity index (χ1) is 13.5. The number of anilines is 1. The van der Waals surface area contributed by atoms with Gasteiger partial charge in [0.1, 0.15) is 11.8 Å². The monoisotopic (exact) mass is 417 g/mol. The summed E-state index contributed by atoms with van der Waals surface area (Å²) in [6, 6.07) is 12.9. The van der Waals surface area contributed by atoms with Gasteiger partial charge in [0.25, 0.3) is 0 Å². The Kier molecular flexibility index (Phi) is 5.05. The molecule has 2 heterocycles. The molecule has 1 aliphatic heterocycles. The Balaban J connectivity index is 1.56. The molecular weight excluding hydrogens is 398 g/mol. The van der Waals surface area contributed by atoms with Crippen molar-refractivity contribution in [3.8, 4) is 5.75 Å². The molecule has 146 valence electrons. The molecule has 0 unspecified atom stereocenters. The van der Waals surface area contributed by atoms with Crippen molar-refractivity contribution < 1.29 is 17.9 Å². The Morgan fingerprint density at radius 3 is 2.79 bits per heavy atom. The Bertz CT molecular complexity index is 1110. The number of thiazole rings is 1. The molecule has 0 aliphatic carbocycles. The van der Waals surface area contributed by atoms with Crippen molar-refractivity contribution in [3.05, 3.63) is 48.5 Å². The molecule has 4 rings (SSSR count). The summed E-state index contributed by atoms with van der Waals surface area (Å²) in [5, 5.41) is 3.23. The molecule has 0 spiro atoms. The zero-order chi connectivity index (χ0) is 19.7. The van der Waals surface area contributed by atoms with E-state index in [1.54, 1.807) is 43.5 Å². The van der Waals surface area contributed by atoms with Crippen LogP contribution in [0.2, 0.25) is 0 Å². The Morgan fingerprint density at radius 1 is 1.25 bits per heavy atom. The minimum atomic E-state index is -3.72. The van der Waals surface area contributed by atoms with E-state index in [0.717, 1.165) is 10.2 Å². The third-order valence-corrected chi connectivity index (χ3v) is 7.54. The maximum atomic E-state index is 12.9. The minimum Gasteiger partial charge on any atom is -0.497 e. The smallest absolute Gasteiger partial charge is 0.244 e. The van der Waals surface area contributed by atoms with E-state index in [4.69, 9.17) is 4.74 Å². The van der Waals surface area contributed by atoms with Crippen molar-refractivity contribution in [3.63, 3.8) is 0 Å². The number of rotatable bonds is 5. The molecule has 0 saturated carbocycles. The molecule has 0 bridgehead atoms. The summed E-state index contributed by atoms with van der Waals surface area (Å²) in [4.78, 5) is 17.4. The van der Waals surface area contributed by atoms with Crippen LogP contribution in [0.25, 0.3) is 10.2 Å². The molecular formula is C19H19N3O4S2. The Hall–Kier alpha value is -2.49. The maximum absolute atomic E-state index is 12.9. The van der Waals surface area contributed by atoms with Crippen LogP contribution in [0.1, 0.15) is 12.8 Å². The number of hydrogen-bond acceptors (Lipinski definition) is 6. The largest absolute Gasteiger partial charge is 0.497 e. The van der Waals surface area contributed by atoms with E-state index < -0.39 is 16.1 Å². The van der Waals surface area contributed by atoms with Crippen LogP contribution in [-0.2, 0) is 14.8 Å². The van der Waals surface area contributed by atoms with Crippen molar-refractivity contribution >= 4 is 42.6 Å². The van der Waals surface area contributed by atoms with E-state index in [1.165, 1.54) is 15.6 Å². The van der Waals surface area contributed by atoms with Gasteiger partial charge in [-0.2, -0.15) is 4.31 Å². The fourth-order valence-corrected chi connectivity index (χ4v) is 5.87. The van der Waals surface area contributed by atoms with Gasteiger partial charge in [-0.15, -0.1) is 0 Å². The molecule has 1 fully saturated rings. The number of ether oxygens (including phenoxy) is 1. The normalized spacial score (nSPS) is 17.7. The standard InChI is InChI=1S/C19H19N3O4S2/c1-26-13-9-10-15-17(12-13)27-19(20-15)21-18(23)16-8-5-11-22(16)28(24,25)14-6-3-2-4-7-14/h2-4,6-7,9-10,12,16H,5,8,11H2,1H3,(H,20,21,23)/t16-/m0/s1. The van der Waals surface area contributed by atoms with Crippen LogP contribution >= 0.6 is 11.3 Å². The second-order valence-corrected chi connectivity index (χ2v) is 9.35. The molecule has 1 aliphatic rings. The lowest BCUT2D eigenvalue weighted by Gasteiger charge is -2.22. The first-order valence-electron chi connectivity index (χ1n) is 8.81. The van der Waals surface area contributed by atoms with Crippen molar-refractivity contribution in [1.82, 2.24) is 9.29 Å². The molecule has 1 aromatic heterocycles. The van der Waals surface area contributed by atoms with Gasteiger partial charge in [0.05, 0.1) is 22.2 Å². The van der Waals surface area contributed by atoms with Gasteiger partial charge < -0.3 is 10.1 Å². The van der Waals surface area contributed by atoms with Crippen LogP contribution in [-0.4, -0.2) is 43.3 Å². The number of carbonyl (C=O) groups is 1. The van der Waals surface area contributed by atoms with Crippen LogP contribution in [0, 0.1) is 0 Å². The van der Waals surface area contributed by atoms with Gasteiger partial charge in [-0.05, 0) is 43.2 Å². The van der Waals surface area contributed by atoms with E-state index >= 15 is 0 Å². The highest BCUT2D eigenvalue weighted by Gasteiger charge is 2.39. The van der Waals surface area contributed by atoms with E-state index in [0.29, 0.717) is 30.3 Å². The average Bonchev–Trinajstić information content (AvgIpc) is 3.35. The molecule has 2 aromatic carbocycles. The van der Waals surface area contributed by atoms with E-state index in [1.807, 2.05) is 12.1 Å². The Morgan fingerprint density at radius 2 is 2.04 bits per heavy atom. The van der Waals surface area contributed by atoms with E-state index in [9.17, 15) is 13.2 Å². The van der Waals surface area contributed by atoms with Gasteiger partial charge in [0, 0.05) is 6.54 Å². The predicted molar refractivity (Wildman–Crippen MR) is 108 cm³/mol. The number of carbonyl (C=O) groups excluding carboxylic acids is 1. The number of sulfonamides is 1. The first-order valence-corrected chi connectivity index (χ1v) is 11.1. The third kappa shape index (κ3) is 3.48. The quantitative estimate of drug-likeness (QED) is 0.689. The van der Waals surface area contributed by atoms with E-state index in [2.05, 4.69) is 10.3 Å². The zero-order valence-electron chi connectivity index (χ0n) is 15.2. The summed E-state index contributed by atoms with van der Waals surface area (Å²) in [6.45, 7) is 0.326. The number of methoxy groups -OCH3 is 1. The maximum Gasteiger partial charge on any atom is 0.244 e. The number of nitrogens with one attached hydrogen (secondary N) is 1. The lowest BCUT2D eigenvalue weighted by atomic mass is 10.2. The minimum absolute atomic E-state index is 0.196. The predicted octanol–water partition coefficient (Wildman–Crippen LogP) is 3.10. The van der Waals surface area contributed by atoms with Crippen LogP contribution in [0.5, 0.6) is 5.75 Å². The molecule has 3 aromatic rings. The van der Waals surface area contributed by atoms with Crippen molar-refractivity contribution in [2.24, 2.45) is 0 Å². The zero-order valence-corrected chi connectivity index (χ0v) is 16.8. The molecule has 9 heteroatoms. The number of hydrogen-bond donors (Lipinski definition) is 1. The highest BCUT2D eigenvalue weighted by atomic mass is 32.2. The van der Waals surface area contributed by atoms with Crippen LogP contribution in [0.4, 0.5) is 5.13 Å². The average molecular weight is 418 g/mol. The van der Waals surface area contributed by atoms with Gasteiger partial charge in [-0.25, -0.2) is 13.4 Å². The fraction of sp³-hybridized carbons (Fsp3) is 0.263. The van der Waals surface area contributed by atoms with Crippen molar-refractivity contribution in [2.75, 3.05) is 19.0 Å². The number of benzene rings is 2. The first kappa shape index (κ1) is 18.9. The highest BCUT2D eigenvalue weighted by Crippen LogP contribution is 2.31. The summed E-state index contributed by atoms with van der Waals surface area (Å²) in [7, 11) is -2.13. The molecule has 7 nitrogen and oxygen atoms in total. The number of nitrogens with zero attached hydrogens (tertiary/aromatic N) is 2.